The number of amides is 1. The van der Waals surface area contributed by atoms with Crippen LogP contribution in [0.1, 0.15) is 24.6 Å². The Kier molecular flexibility index (Phi) is 4.82. The summed E-state index contributed by atoms with van der Waals surface area (Å²) in [6, 6.07) is 7.16. The molecule has 2 aromatic rings. The number of rotatable bonds is 5. The summed E-state index contributed by atoms with van der Waals surface area (Å²) in [5.74, 6) is 1.56. The summed E-state index contributed by atoms with van der Waals surface area (Å²) in [4.78, 5) is 12.2. The fraction of sp³-hybridized carbons (Fsp3) is 0.467. The molecule has 1 aliphatic rings. The molecule has 23 heavy (non-hydrogen) atoms. The molecule has 0 radical (unpaired) electrons. The van der Waals surface area contributed by atoms with Crippen LogP contribution in [0.3, 0.4) is 0 Å². The van der Waals surface area contributed by atoms with Crippen LogP contribution < -0.4 is 10.1 Å². The number of hydrogen-bond donors (Lipinski definition) is 1. The van der Waals surface area contributed by atoms with E-state index < -0.39 is 0 Å². The third-order valence-electron chi connectivity index (χ3n) is 3.81. The number of carbonyl (C=O) groups is 1. The molecule has 1 saturated heterocycles. The first-order valence-electron chi connectivity index (χ1n) is 7.54. The largest absolute Gasteiger partial charge is 0.497 e. The molecule has 1 aromatic heterocycles. The van der Waals surface area contributed by atoms with Gasteiger partial charge in [-0.2, -0.15) is 0 Å². The van der Waals surface area contributed by atoms with E-state index >= 15 is 0 Å². The molecular formula is C15H19N5O3. The zero-order chi connectivity index (χ0) is 16.1. The number of tetrazole rings is 1. The molecule has 1 N–H and O–H groups in total. The van der Waals surface area contributed by atoms with E-state index in [9.17, 15) is 4.79 Å². The number of carbonyl (C=O) groups excluding carboxylic acids is 1. The van der Waals surface area contributed by atoms with Crippen LogP contribution in [0.2, 0.25) is 0 Å². The fourth-order valence-electron chi connectivity index (χ4n) is 2.58. The highest BCUT2D eigenvalue weighted by molar-refractivity contribution is 5.90. The second-order valence-electron chi connectivity index (χ2n) is 5.36. The van der Waals surface area contributed by atoms with Gasteiger partial charge in [0.2, 0.25) is 5.91 Å². The molecule has 8 heteroatoms. The molecule has 1 amide bonds. The Balaban J connectivity index is 1.62. The predicted octanol–water partition coefficient (Wildman–Crippen LogP) is 1.21. The minimum Gasteiger partial charge on any atom is -0.497 e. The van der Waals surface area contributed by atoms with E-state index in [1.54, 1.807) is 36.1 Å². The maximum Gasteiger partial charge on any atom is 0.246 e. The van der Waals surface area contributed by atoms with Crippen LogP contribution in [-0.2, 0) is 16.1 Å². The second kappa shape index (κ2) is 7.19. The van der Waals surface area contributed by atoms with Crippen molar-refractivity contribution in [3.63, 3.8) is 0 Å². The van der Waals surface area contributed by atoms with E-state index in [2.05, 4.69) is 20.8 Å². The van der Waals surface area contributed by atoms with E-state index in [1.165, 1.54) is 0 Å². The quantitative estimate of drug-likeness (QED) is 0.891. The van der Waals surface area contributed by atoms with E-state index in [-0.39, 0.29) is 18.4 Å². The molecule has 0 bridgehead atoms. The summed E-state index contributed by atoms with van der Waals surface area (Å²) in [5, 5.41) is 14.5. The Morgan fingerprint density at radius 3 is 2.78 bits per heavy atom. The lowest BCUT2D eigenvalue weighted by atomic mass is 9.99. The first-order chi connectivity index (χ1) is 11.3. The van der Waals surface area contributed by atoms with Crippen molar-refractivity contribution in [1.82, 2.24) is 20.2 Å². The van der Waals surface area contributed by atoms with Crippen molar-refractivity contribution in [3.8, 4) is 5.75 Å². The number of hydrogen-bond acceptors (Lipinski definition) is 6. The number of nitrogens with one attached hydrogen (secondary N) is 1. The summed E-state index contributed by atoms with van der Waals surface area (Å²) in [5.41, 5.74) is 0.705. The molecule has 1 aliphatic heterocycles. The molecule has 1 fully saturated rings. The molecule has 3 rings (SSSR count). The highest BCUT2D eigenvalue weighted by Gasteiger charge is 2.23. The summed E-state index contributed by atoms with van der Waals surface area (Å²) in [6.45, 7) is 1.50. The first kappa shape index (κ1) is 15.4. The maximum atomic E-state index is 12.2. The predicted molar refractivity (Wildman–Crippen MR) is 82.2 cm³/mol. The molecule has 1 aromatic carbocycles. The molecule has 8 nitrogen and oxygen atoms in total. The average Bonchev–Trinajstić information content (AvgIpc) is 3.04. The van der Waals surface area contributed by atoms with Gasteiger partial charge in [-0.15, -0.1) is 5.10 Å². The molecule has 0 saturated carbocycles. The van der Waals surface area contributed by atoms with Gasteiger partial charge in [-0.1, -0.05) is 0 Å². The molecule has 122 valence electrons. The van der Waals surface area contributed by atoms with Gasteiger partial charge in [0, 0.05) is 24.8 Å². The number of benzene rings is 1. The minimum absolute atomic E-state index is 0.0890. The topological polar surface area (TPSA) is 91.2 Å². The normalized spacial score (nSPS) is 15.3. The van der Waals surface area contributed by atoms with Gasteiger partial charge in [0.1, 0.15) is 12.3 Å². The van der Waals surface area contributed by atoms with E-state index in [4.69, 9.17) is 9.47 Å². The molecular weight excluding hydrogens is 298 g/mol. The Morgan fingerprint density at radius 2 is 2.09 bits per heavy atom. The summed E-state index contributed by atoms with van der Waals surface area (Å²) < 4.78 is 12.0. The van der Waals surface area contributed by atoms with Crippen LogP contribution in [-0.4, -0.2) is 46.4 Å². The average molecular weight is 317 g/mol. The number of methoxy groups -OCH3 is 1. The van der Waals surface area contributed by atoms with Gasteiger partial charge in [-0.05, 0) is 47.5 Å². The van der Waals surface area contributed by atoms with Gasteiger partial charge < -0.3 is 14.8 Å². The lowest BCUT2D eigenvalue weighted by molar-refractivity contribution is -0.117. The van der Waals surface area contributed by atoms with Gasteiger partial charge in [0.05, 0.1) is 7.11 Å². The maximum absolute atomic E-state index is 12.2. The first-order valence-corrected chi connectivity index (χ1v) is 7.54. The standard InChI is InChI=1S/C15H19N5O3/c1-22-13-4-2-12(3-5-13)16-14(21)10-20-15(17-18-19-20)11-6-8-23-9-7-11/h2-5,11H,6-10H2,1H3,(H,16,21). The van der Waals surface area contributed by atoms with E-state index in [0.717, 1.165) is 24.4 Å². The zero-order valence-electron chi connectivity index (χ0n) is 12.9. The lowest BCUT2D eigenvalue weighted by Crippen LogP contribution is -2.24. The number of ether oxygens (including phenoxy) is 2. The number of nitrogens with zero attached hydrogens (tertiary/aromatic N) is 4. The van der Waals surface area contributed by atoms with Crippen LogP contribution in [0.25, 0.3) is 0 Å². The summed E-state index contributed by atoms with van der Waals surface area (Å²) >= 11 is 0. The van der Waals surface area contributed by atoms with Gasteiger partial charge in [-0.25, -0.2) is 4.68 Å². The van der Waals surface area contributed by atoms with Crippen LogP contribution in [0, 0.1) is 0 Å². The zero-order valence-corrected chi connectivity index (χ0v) is 12.9. The van der Waals surface area contributed by atoms with Crippen molar-refractivity contribution in [3.05, 3.63) is 30.1 Å². The van der Waals surface area contributed by atoms with Crippen LogP contribution in [0.4, 0.5) is 5.69 Å². The Bertz CT molecular complexity index is 649. The molecule has 0 atom stereocenters. The summed E-state index contributed by atoms with van der Waals surface area (Å²) in [6.07, 6.45) is 1.75. The van der Waals surface area contributed by atoms with Crippen molar-refractivity contribution in [1.29, 1.82) is 0 Å². The van der Waals surface area contributed by atoms with E-state index in [1.807, 2.05) is 0 Å². The monoisotopic (exact) mass is 317 g/mol. The molecule has 0 spiro atoms. The Hall–Kier alpha value is -2.48. The van der Waals surface area contributed by atoms with Crippen molar-refractivity contribution in [2.75, 3.05) is 25.6 Å². The van der Waals surface area contributed by atoms with Crippen molar-refractivity contribution in [2.45, 2.75) is 25.3 Å². The number of aromatic nitrogens is 4. The third-order valence-corrected chi connectivity index (χ3v) is 3.81. The van der Waals surface area contributed by atoms with Gasteiger partial charge in [0.25, 0.3) is 0 Å². The second-order valence-corrected chi connectivity index (χ2v) is 5.36. The van der Waals surface area contributed by atoms with E-state index in [0.29, 0.717) is 18.9 Å². The highest BCUT2D eigenvalue weighted by atomic mass is 16.5. The number of anilines is 1. The molecule has 0 aliphatic carbocycles. The molecule has 0 unspecified atom stereocenters. The molecule has 2 heterocycles. The smallest absolute Gasteiger partial charge is 0.246 e. The fourth-order valence-corrected chi connectivity index (χ4v) is 2.58. The van der Waals surface area contributed by atoms with Crippen LogP contribution in [0.15, 0.2) is 24.3 Å². The van der Waals surface area contributed by atoms with Gasteiger partial charge in [-0.3, -0.25) is 4.79 Å². The van der Waals surface area contributed by atoms with Gasteiger partial charge in [0.15, 0.2) is 5.82 Å². The Morgan fingerprint density at radius 1 is 1.35 bits per heavy atom. The third kappa shape index (κ3) is 3.84. The summed E-state index contributed by atoms with van der Waals surface area (Å²) in [7, 11) is 1.60. The SMILES string of the molecule is COc1ccc(NC(=O)Cn2nnnc2C2CCOCC2)cc1. The highest BCUT2D eigenvalue weighted by Crippen LogP contribution is 2.24. The van der Waals surface area contributed by atoms with Crippen LogP contribution >= 0.6 is 0 Å². The van der Waals surface area contributed by atoms with Crippen LogP contribution in [0.5, 0.6) is 5.75 Å². The Labute approximate surface area is 133 Å². The van der Waals surface area contributed by atoms with Gasteiger partial charge >= 0.3 is 0 Å². The lowest BCUT2D eigenvalue weighted by Gasteiger charge is -2.20. The van der Waals surface area contributed by atoms with Crippen molar-refractivity contribution < 1.29 is 14.3 Å². The van der Waals surface area contributed by atoms with Crippen molar-refractivity contribution >= 4 is 11.6 Å². The van der Waals surface area contributed by atoms with Crippen molar-refractivity contribution in [2.24, 2.45) is 0 Å². The minimum atomic E-state index is -0.171.